The van der Waals surface area contributed by atoms with Crippen molar-refractivity contribution in [2.45, 2.75) is 39.8 Å². The molecule has 0 saturated heterocycles. The Morgan fingerprint density at radius 3 is 2.96 bits per heavy atom. The van der Waals surface area contributed by atoms with Crippen molar-refractivity contribution in [2.75, 3.05) is 18.4 Å². The lowest BCUT2D eigenvalue weighted by molar-refractivity contribution is 0.101. The number of thiazole rings is 1. The number of aryl methyl sites for hydroxylation is 1. The zero-order chi connectivity index (χ0) is 17.1. The molecule has 0 atom stereocenters. The van der Waals surface area contributed by atoms with Gasteiger partial charge in [0, 0.05) is 37.0 Å². The van der Waals surface area contributed by atoms with Gasteiger partial charge in [0.2, 0.25) is 0 Å². The Morgan fingerprint density at radius 1 is 1.38 bits per heavy atom. The number of nitrogens with one attached hydrogen (secondary N) is 1. The predicted molar refractivity (Wildman–Crippen MR) is 93.5 cm³/mol. The van der Waals surface area contributed by atoms with E-state index in [9.17, 15) is 9.59 Å². The molecule has 128 valence electrons. The third-order valence-corrected chi connectivity index (χ3v) is 5.01. The van der Waals surface area contributed by atoms with E-state index in [1.807, 2.05) is 6.92 Å². The maximum Gasteiger partial charge on any atom is 0.277 e. The Morgan fingerprint density at radius 2 is 2.21 bits per heavy atom. The maximum absolute atomic E-state index is 12.4. The van der Waals surface area contributed by atoms with Crippen LogP contribution < -0.4 is 10.9 Å². The fourth-order valence-corrected chi connectivity index (χ4v) is 3.72. The molecule has 1 amide bonds. The summed E-state index contributed by atoms with van der Waals surface area (Å²) < 4.78 is 1.32. The van der Waals surface area contributed by atoms with Crippen LogP contribution in [0.2, 0.25) is 0 Å². The number of aromatic nitrogens is 3. The quantitative estimate of drug-likeness (QED) is 0.891. The molecule has 1 aliphatic rings. The number of rotatable bonds is 5. The third kappa shape index (κ3) is 3.54. The first-order valence-electron chi connectivity index (χ1n) is 8.21. The molecule has 0 fully saturated rings. The van der Waals surface area contributed by atoms with Gasteiger partial charge >= 0.3 is 0 Å². The number of hydrogen-bond acceptors (Lipinski definition) is 6. The summed E-state index contributed by atoms with van der Waals surface area (Å²) in [6.45, 7) is 7.51. The van der Waals surface area contributed by atoms with Crippen LogP contribution >= 0.6 is 11.3 Å². The Balaban J connectivity index is 1.75. The van der Waals surface area contributed by atoms with Crippen LogP contribution in [0.4, 0.5) is 5.13 Å². The average Bonchev–Trinajstić information content (AvgIpc) is 2.98. The van der Waals surface area contributed by atoms with Gasteiger partial charge in [-0.05, 0) is 19.0 Å². The van der Waals surface area contributed by atoms with Crippen molar-refractivity contribution < 1.29 is 4.79 Å². The number of likely N-dealkylation sites (N-methyl/N-ethyl adjacent to an activating group) is 1. The lowest BCUT2D eigenvalue weighted by atomic mass is 10.2. The van der Waals surface area contributed by atoms with Gasteiger partial charge in [-0.25, -0.2) is 9.67 Å². The van der Waals surface area contributed by atoms with E-state index >= 15 is 0 Å². The van der Waals surface area contributed by atoms with Gasteiger partial charge in [0.25, 0.3) is 11.5 Å². The number of hydrogen-bond donors (Lipinski definition) is 1. The highest BCUT2D eigenvalue weighted by atomic mass is 32.1. The molecule has 3 heterocycles. The van der Waals surface area contributed by atoms with Crippen LogP contribution in [0.25, 0.3) is 0 Å². The molecule has 2 aromatic rings. The monoisotopic (exact) mass is 347 g/mol. The summed E-state index contributed by atoms with van der Waals surface area (Å²) in [5, 5.41) is 7.53. The molecule has 8 heteroatoms. The molecule has 0 saturated carbocycles. The normalized spacial score (nSPS) is 14.4. The largest absolute Gasteiger partial charge is 0.298 e. The predicted octanol–water partition coefficient (Wildman–Crippen LogP) is 1.74. The van der Waals surface area contributed by atoms with Gasteiger partial charge < -0.3 is 0 Å². The third-order valence-electron chi connectivity index (χ3n) is 4.01. The van der Waals surface area contributed by atoms with Crippen LogP contribution in [0.5, 0.6) is 0 Å². The van der Waals surface area contributed by atoms with Crippen LogP contribution in [0.1, 0.15) is 41.3 Å². The lowest BCUT2D eigenvalue weighted by Gasteiger charge is -2.23. The average molecular weight is 347 g/mol. The number of fused-ring (bicyclic) bond motifs is 1. The molecule has 0 aromatic carbocycles. The Bertz CT molecular complexity index is 798. The van der Waals surface area contributed by atoms with Crippen molar-refractivity contribution in [3.05, 3.63) is 38.8 Å². The minimum absolute atomic E-state index is 0.197. The first kappa shape index (κ1) is 16.8. The molecule has 0 radical (unpaired) electrons. The first-order chi connectivity index (χ1) is 11.6. The van der Waals surface area contributed by atoms with Gasteiger partial charge in [-0.2, -0.15) is 5.10 Å². The molecule has 0 spiro atoms. The molecule has 0 aliphatic carbocycles. The molecule has 1 N–H and O–H groups in total. The molecule has 0 unspecified atom stereocenters. The zero-order valence-corrected chi connectivity index (χ0v) is 14.7. The van der Waals surface area contributed by atoms with Crippen molar-refractivity contribution in [1.82, 2.24) is 19.7 Å². The molecule has 0 bridgehead atoms. The number of nitrogens with zero attached hydrogens (tertiary/aromatic N) is 4. The highest BCUT2D eigenvalue weighted by molar-refractivity contribution is 7.15. The smallest absolute Gasteiger partial charge is 0.277 e. The Labute approximate surface area is 144 Å². The van der Waals surface area contributed by atoms with Gasteiger partial charge in [-0.3, -0.25) is 19.8 Å². The molecular weight excluding hydrogens is 326 g/mol. The maximum atomic E-state index is 12.4. The van der Waals surface area contributed by atoms with Crippen LogP contribution in [0.3, 0.4) is 0 Å². The summed E-state index contributed by atoms with van der Waals surface area (Å²) in [7, 11) is 0. The molecule has 24 heavy (non-hydrogen) atoms. The molecule has 1 aliphatic heterocycles. The fraction of sp³-hybridized carbons (Fsp3) is 0.500. The van der Waals surface area contributed by atoms with E-state index in [0.717, 1.165) is 38.2 Å². The van der Waals surface area contributed by atoms with Crippen LogP contribution in [0.15, 0.2) is 16.9 Å². The molecular formula is C16H21N5O2S. The van der Waals surface area contributed by atoms with Crippen molar-refractivity contribution in [2.24, 2.45) is 0 Å². The minimum Gasteiger partial charge on any atom is -0.298 e. The SMILES string of the molecule is CCCn1nc(C(=O)Nc2nc3c(s2)CN(CC)CC3)ccc1=O. The molecule has 7 nitrogen and oxygen atoms in total. The summed E-state index contributed by atoms with van der Waals surface area (Å²) in [6.07, 6.45) is 1.69. The summed E-state index contributed by atoms with van der Waals surface area (Å²) in [5.41, 5.74) is 1.10. The van der Waals surface area contributed by atoms with E-state index in [-0.39, 0.29) is 17.2 Å². The van der Waals surface area contributed by atoms with Crippen LogP contribution in [-0.4, -0.2) is 38.7 Å². The van der Waals surface area contributed by atoms with E-state index in [4.69, 9.17) is 0 Å². The molecule has 2 aromatic heterocycles. The summed E-state index contributed by atoms with van der Waals surface area (Å²) in [4.78, 5) is 32.2. The van der Waals surface area contributed by atoms with E-state index in [1.165, 1.54) is 33.0 Å². The van der Waals surface area contributed by atoms with Crippen molar-refractivity contribution in [3.63, 3.8) is 0 Å². The molecule has 3 rings (SSSR count). The second kappa shape index (κ2) is 7.23. The lowest BCUT2D eigenvalue weighted by Crippen LogP contribution is -2.29. The first-order valence-corrected chi connectivity index (χ1v) is 9.02. The Kier molecular flexibility index (Phi) is 5.06. The summed E-state index contributed by atoms with van der Waals surface area (Å²) in [6, 6.07) is 2.83. The van der Waals surface area contributed by atoms with Crippen molar-refractivity contribution in [1.29, 1.82) is 0 Å². The van der Waals surface area contributed by atoms with Gasteiger partial charge in [0.15, 0.2) is 5.13 Å². The van der Waals surface area contributed by atoms with Crippen molar-refractivity contribution in [3.8, 4) is 0 Å². The van der Waals surface area contributed by atoms with Crippen LogP contribution in [0, 0.1) is 0 Å². The fourth-order valence-electron chi connectivity index (χ4n) is 2.67. The number of anilines is 1. The van der Waals surface area contributed by atoms with Crippen LogP contribution in [-0.2, 0) is 19.5 Å². The van der Waals surface area contributed by atoms with E-state index < -0.39 is 0 Å². The van der Waals surface area contributed by atoms with E-state index in [0.29, 0.717) is 11.7 Å². The topological polar surface area (TPSA) is 80.1 Å². The van der Waals surface area contributed by atoms with Gasteiger partial charge in [0.05, 0.1) is 5.69 Å². The zero-order valence-electron chi connectivity index (χ0n) is 13.9. The highest BCUT2D eigenvalue weighted by Gasteiger charge is 2.21. The highest BCUT2D eigenvalue weighted by Crippen LogP contribution is 2.28. The standard InChI is InChI=1S/C16H21N5O2S/c1-3-8-21-14(22)6-5-12(19-21)15(23)18-16-17-11-7-9-20(4-2)10-13(11)24-16/h5-6H,3-4,7-10H2,1-2H3,(H,17,18,23). The van der Waals surface area contributed by atoms with Gasteiger partial charge in [0.1, 0.15) is 5.69 Å². The summed E-state index contributed by atoms with van der Waals surface area (Å²) in [5.74, 6) is -0.335. The van der Waals surface area contributed by atoms with E-state index in [1.54, 1.807) is 0 Å². The number of carbonyl (C=O) groups is 1. The minimum atomic E-state index is -0.335. The van der Waals surface area contributed by atoms with E-state index in [2.05, 4.69) is 27.2 Å². The summed E-state index contributed by atoms with van der Waals surface area (Å²) >= 11 is 1.51. The number of carbonyl (C=O) groups excluding carboxylic acids is 1. The van der Waals surface area contributed by atoms with Crippen molar-refractivity contribution >= 4 is 22.4 Å². The Hall–Kier alpha value is -2.06. The number of amides is 1. The second-order valence-corrected chi connectivity index (χ2v) is 6.83. The van der Waals surface area contributed by atoms with Gasteiger partial charge in [-0.1, -0.05) is 13.8 Å². The second-order valence-electron chi connectivity index (χ2n) is 5.74. The van der Waals surface area contributed by atoms with Gasteiger partial charge in [-0.15, -0.1) is 11.3 Å².